The molecule has 0 aliphatic heterocycles. The van der Waals surface area contributed by atoms with E-state index in [4.69, 9.17) is 9.15 Å². The first kappa shape index (κ1) is 16.3. The first-order valence-electron chi connectivity index (χ1n) is 8.49. The van der Waals surface area contributed by atoms with Crippen LogP contribution in [0.5, 0.6) is 5.75 Å². The van der Waals surface area contributed by atoms with Gasteiger partial charge in [0.05, 0.1) is 43.0 Å². The number of ether oxygens (including phenoxy) is 1. The van der Waals surface area contributed by atoms with E-state index in [1.54, 1.807) is 32.0 Å². The van der Waals surface area contributed by atoms with Gasteiger partial charge in [-0.2, -0.15) is 0 Å². The fourth-order valence-corrected chi connectivity index (χ4v) is 3.25. The minimum Gasteiger partial charge on any atom is -0.496 e. The van der Waals surface area contributed by atoms with Crippen LogP contribution in [0.3, 0.4) is 0 Å². The van der Waals surface area contributed by atoms with Crippen molar-refractivity contribution in [2.45, 2.75) is 24.8 Å². The Balaban J connectivity index is 1.54. The minimum atomic E-state index is -0.509. The molecule has 1 aliphatic rings. The van der Waals surface area contributed by atoms with Crippen LogP contribution in [0.15, 0.2) is 59.7 Å². The van der Waals surface area contributed by atoms with Crippen molar-refractivity contribution in [2.24, 2.45) is 0 Å². The summed E-state index contributed by atoms with van der Waals surface area (Å²) in [6, 6.07) is 9.53. The maximum atomic E-state index is 12.9. The quantitative estimate of drug-likeness (QED) is 0.740. The van der Waals surface area contributed by atoms with Gasteiger partial charge in [0.1, 0.15) is 5.75 Å². The molecular weight excluding hydrogens is 330 g/mol. The topological polar surface area (TPSA) is 77.2 Å². The van der Waals surface area contributed by atoms with Crippen LogP contribution in [-0.4, -0.2) is 23.0 Å². The van der Waals surface area contributed by atoms with E-state index in [2.05, 4.69) is 15.3 Å². The first-order chi connectivity index (χ1) is 12.7. The van der Waals surface area contributed by atoms with Gasteiger partial charge in [-0.25, -0.2) is 0 Å². The predicted molar refractivity (Wildman–Crippen MR) is 95.5 cm³/mol. The molecule has 1 aromatic carbocycles. The van der Waals surface area contributed by atoms with Gasteiger partial charge in [0.2, 0.25) is 5.91 Å². The van der Waals surface area contributed by atoms with Gasteiger partial charge < -0.3 is 14.5 Å². The second kappa shape index (κ2) is 6.63. The average molecular weight is 349 g/mol. The smallest absolute Gasteiger partial charge is 0.231 e. The van der Waals surface area contributed by atoms with Crippen molar-refractivity contribution in [3.05, 3.63) is 66.5 Å². The molecule has 2 heterocycles. The van der Waals surface area contributed by atoms with Gasteiger partial charge in [-0.1, -0.05) is 18.2 Å². The molecule has 1 N–H and O–H groups in total. The number of nitrogens with zero attached hydrogens (tertiary/aromatic N) is 2. The molecule has 0 spiro atoms. The third-order valence-electron chi connectivity index (χ3n) is 4.79. The van der Waals surface area contributed by atoms with Crippen LogP contribution < -0.4 is 10.1 Å². The van der Waals surface area contributed by atoms with Crippen LogP contribution in [0, 0.1) is 0 Å². The van der Waals surface area contributed by atoms with E-state index >= 15 is 0 Å². The molecule has 2 aromatic heterocycles. The average Bonchev–Trinajstić information content (AvgIpc) is 3.32. The van der Waals surface area contributed by atoms with Crippen LogP contribution in [0.2, 0.25) is 0 Å². The maximum absolute atomic E-state index is 12.9. The van der Waals surface area contributed by atoms with Crippen LogP contribution in [0.4, 0.5) is 0 Å². The molecule has 0 atom stereocenters. The van der Waals surface area contributed by atoms with Crippen LogP contribution in [0.1, 0.15) is 24.1 Å². The van der Waals surface area contributed by atoms with Gasteiger partial charge >= 0.3 is 0 Å². The highest BCUT2D eigenvalue weighted by molar-refractivity contribution is 5.92. The summed E-state index contributed by atoms with van der Waals surface area (Å²) in [6.45, 7) is 0.310. The van der Waals surface area contributed by atoms with E-state index in [1.807, 2.05) is 30.3 Å². The zero-order valence-electron chi connectivity index (χ0n) is 14.4. The summed E-state index contributed by atoms with van der Waals surface area (Å²) in [7, 11) is 1.63. The van der Waals surface area contributed by atoms with E-state index in [1.165, 1.54) is 0 Å². The lowest BCUT2D eigenvalue weighted by Gasteiger charge is -2.18. The fourth-order valence-electron chi connectivity index (χ4n) is 3.25. The first-order valence-corrected chi connectivity index (χ1v) is 8.49. The molecule has 0 saturated heterocycles. The molecule has 1 amide bonds. The lowest BCUT2D eigenvalue weighted by molar-refractivity contribution is -0.123. The summed E-state index contributed by atoms with van der Waals surface area (Å²) in [6.07, 6.45) is 8.09. The third-order valence-corrected chi connectivity index (χ3v) is 4.79. The molecule has 6 nitrogen and oxygen atoms in total. The Labute approximate surface area is 151 Å². The molecule has 1 aliphatic carbocycles. The second-order valence-electron chi connectivity index (χ2n) is 6.33. The molecule has 4 rings (SSSR count). The number of methoxy groups -OCH3 is 1. The van der Waals surface area contributed by atoms with Crippen molar-refractivity contribution in [3.8, 4) is 17.0 Å². The Hall–Kier alpha value is -3.15. The van der Waals surface area contributed by atoms with Gasteiger partial charge in [0.15, 0.2) is 0 Å². The number of benzene rings is 1. The Kier molecular flexibility index (Phi) is 4.16. The van der Waals surface area contributed by atoms with E-state index in [-0.39, 0.29) is 5.91 Å². The van der Waals surface area contributed by atoms with Crippen LogP contribution in [-0.2, 0) is 16.8 Å². The maximum Gasteiger partial charge on any atom is 0.231 e. The Morgan fingerprint density at radius 1 is 1.23 bits per heavy atom. The van der Waals surface area contributed by atoms with E-state index in [9.17, 15) is 4.79 Å². The van der Waals surface area contributed by atoms with Gasteiger partial charge in [0.25, 0.3) is 0 Å². The number of rotatable bonds is 6. The largest absolute Gasteiger partial charge is 0.496 e. The molecule has 0 radical (unpaired) electrons. The molecule has 1 fully saturated rings. The number of carbonyl (C=O) groups excluding carboxylic acids is 1. The summed E-state index contributed by atoms with van der Waals surface area (Å²) in [5.74, 6) is 0.740. The lowest BCUT2D eigenvalue weighted by Crippen LogP contribution is -2.35. The molecule has 132 valence electrons. The van der Waals surface area contributed by atoms with Crippen molar-refractivity contribution in [3.63, 3.8) is 0 Å². The predicted octanol–water partition coefficient (Wildman–Crippen LogP) is 3.09. The van der Waals surface area contributed by atoms with Crippen molar-refractivity contribution >= 4 is 5.91 Å². The summed E-state index contributed by atoms with van der Waals surface area (Å²) < 4.78 is 10.6. The summed E-state index contributed by atoms with van der Waals surface area (Å²) >= 11 is 0. The van der Waals surface area contributed by atoms with Crippen molar-refractivity contribution in [2.75, 3.05) is 7.11 Å². The second-order valence-corrected chi connectivity index (χ2v) is 6.33. The van der Waals surface area contributed by atoms with Gasteiger partial charge in [0, 0.05) is 23.5 Å². The Bertz CT molecular complexity index is 918. The summed E-state index contributed by atoms with van der Waals surface area (Å²) in [4.78, 5) is 21.7. The third kappa shape index (κ3) is 2.83. The highest BCUT2D eigenvalue weighted by Gasteiger charge is 2.52. The van der Waals surface area contributed by atoms with E-state index in [0.717, 1.165) is 29.7 Å². The van der Waals surface area contributed by atoms with Gasteiger partial charge in [-0.3, -0.25) is 14.8 Å². The highest BCUT2D eigenvalue weighted by Crippen LogP contribution is 2.51. The number of hydrogen-bond acceptors (Lipinski definition) is 5. The number of carbonyl (C=O) groups is 1. The zero-order valence-corrected chi connectivity index (χ0v) is 14.4. The fraction of sp³-hybridized carbons (Fsp3) is 0.250. The van der Waals surface area contributed by atoms with E-state index in [0.29, 0.717) is 17.9 Å². The summed E-state index contributed by atoms with van der Waals surface area (Å²) in [5, 5.41) is 3.03. The standard InChI is InChI=1S/C20H19N3O3/c1-25-17-5-3-2-4-15(17)20(7-8-20)19(24)23-12-16-18(22-10-9-21-16)14-6-11-26-13-14/h2-6,9-11,13H,7-8,12H2,1H3,(H,23,24). The number of hydrogen-bond donors (Lipinski definition) is 1. The SMILES string of the molecule is COc1ccccc1C1(C(=O)NCc2nccnc2-c2ccoc2)CC1. The van der Waals surface area contributed by atoms with Gasteiger partial charge in [-0.15, -0.1) is 0 Å². The number of aromatic nitrogens is 2. The zero-order chi connectivity index (χ0) is 18.0. The van der Waals surface area contributed by atoms with Crippen molar-refractivity contribution < 1.29 is 13.9 Å². The number of furan rings is 1. The monoisotopic (exact) mass is 349 g/mol. The molecular formula is C20H19N3O3. The molecule has 26 heavy (non-hydrogen) atoms. The normalized spacial score (nSPS) is 14.7. The highest BCUT2D eigenvalue weighted by atomic mass is 16.5. The Morgan fingerprint density at radius 3 is 2.77 bits per heavy atom. The lowest BCUT2D eigenvalue weighted by atomic mass is 9.94. The van der Waals surface area contributed by atoms with E-state index < -0.39 is 5.41 Å². The molecule has 6 heteroatoms. The number of amides is 1. The molecule has 0 unspecified atom stereocenters. The van der Waals surface area contributed by atoms with Crippen molar-refractivity contribution in [1.82, 2.24) is 15.3 Å². The number of nitrogens with one attached hydrogen (secondary N) is 1. The molecule has 0 bridgehead atoms. The number of para-hydroxylation sites is 1. The molecule has 1 saturated carbocycles. The Morgan fingerprint density at radius 2 is 2.04 bits per heavy atom. The van der Waals surface area contributed by atoms with Crippen LogP contribution >= 0.6 is 0 Å². The minimum absolute atomic E-state index is 0.00852. The van der Waals surface area contributed by atoms with Gasteiger partial charge in [-0.05, 0) is 25.0 Å². The summed E-state index contributed by atoms with van der Waals surface area (Å²) in [5.41, 5.74) is 2.69. The van der Waals surface area contributed by atoms with Crippen molar-refractivity contribution in [1.29, 1.82) is 0 Å². The van der Waals surface area contributed by atoms with Crippen LogP contribution in [0.25, 0.3) is 11.3 Å². The molecule has 3 aromatic rings.